The van der Waals surface area contributed by atoms with E-state index in [0.717, 1.165) is 29.8 Å². The first-order valence-electron chi connectivity index (χ1n) is 6.43. The molecule has 0 bridgehead atoms. The van der Waals surface area contributed by atoms with Gasteiger partial charge in [0.1, 0.15) is 0 Å². The van der Waals surface area contributed by atoms with Crippen molar-refractivity contribution in [1.29, 1.82) is 0 Å². The van der Waals surface area contributed by atoms with Gasteiger partial charge in [-0.05, 0) is 66.5 Å². The summed E-state index contributed by atoms with van der Waals surface area (Å²) in [6.07, 6.45) is 3.11. The lowest BCUT2D eigenvalue weighted by Crippen LogP contribution is -2.25. The van der Waals surface area contributed by atoms with E-state index in [4.69, 9.17) is 0 Å². The summed E-state index contributed by atoms with van der Waals surface area (Å²) in [5.41, 5.74) is 2.03. The van der Waals surface area contributed by atoms with E-state index in [1.54, 1.807) is 0 Å². The molecule has 0 saturated carbocycles. The number of likely N-dealkylation sites (tertiary alicyclic amines) is 1. The van der Waals surface area contributed by atoms with Crippen molar-refractivity contribution in [2.24, 2.45) is 0 Å². The number of rotatable bonds is 4. The average Bonchev–Trinajstić information content (AvgIpc) is 2.83. The Morgan fingerprint density at radius 2 is 2.11 bits per heavy atom. The molecular weight excluding hydrogens is 292 g/mol. The molecule has 3 nitrogen and oxygen atoms in total. The van der Waals surface area contributed by atoms with Gasteiger partial charge in [0.25, 0.3) is 0 Å². The summed E-state index contributed by atoms with van der Waals surface area (Å²) in [5, 5.41) is 2.95. The lowest BCUT2D eigenvalue weighted by molar-refractivity contribution is -0.116. The minimum absolute atomic E-state index is 0.0893. The van der Waals surface area contributed by atoms with Gasteiger partial charge in [0.15, 0.2) is 0 Å². The highest BCUT2D eigenvalue weighted by Crippen LogP contribution is 2.23. The Kier molecular flexibility index (Phi) is 4.78. The van der Waals surface area contributed by atoms with Crippen LogP contribution in [0.4, 0.5) is 5.69 Å². The molecule has 1 heterocycles. The number of amides is 1. The van der Waals surface area contributed by atoms with Crippen LogP contribution in [0.3, 0.4) is 0 Å². The largest absolute Gasteiger partial charge is 0.325 e. The number of nitrogens with one attached hydrogen (secondary N) is 1. The third-order valence-corrected chi connectivity index (χ3v) is 3.91. The van der Waals surface area contributed by atoms with Crippen LogP contribution in [-0.4, -0.2) is 30.4 Å². The highest BCUT2D eigenvalue weighted by atomic mass is 79.9. The van der Waals surface area contributed by atoms with Crippen LogP contribution in [0.5, 0.6) is 0 Å². The van der Waals surface area contributed by atoms with Gasteiger partial charge in [0.2, 0.25) is 5.91 Å². The lowest BCUT2D eigenvalue weighted by Gasteiger charge is -2.14. The SMILES string of the molecule is Cc1ccc(NC(=O)CCN2CCCC2)c(Br)c1. The Labute approximate surface area is 117 Å². The summed E-state index contributed by atoms with van der Waals surface area (Å²) in [6.45, 7) is 5.18. The van der Waals surface area contributed by atoms with Crippen molar-refractivity contribution in [2.75, 3.05) is 25.0 Å². The van der Waals surface area contributed by atoms with Crippen LogP contribution in [0.1, 0.15) is 24.8 Å². The molecule has 0 aliphatic carbocycles. The van der Waals surface area contributed by atoms with Crippen LogP contribution >= 0.6 is 15.9 Å². The Morgan fingerprint density at radius 3 is 2.78 bits per heavy atom. The molecule has 1 saturated heterocycles. The van der Waals surface area contributed by atoms with Gasteiger partial charge in [0, 0.05) is 17.4 Å². The summed E-state index contributed by atoms with van der Waals surface area (Å²) in [5.74, 6) is 0.0893. The third kappa shape index (κ3) is 3.82. The number of carbonyl (C=O) groups excluding carboxylic acids is 1. The highest BCUT2D eigenvalue weighted by molar-refractivity contribution is 9.10. The van der Waals surface area contributed by atoms with Crippen LogP contribution in [0.25, 0.3) is 0 Å². The maximum atomic E-state index is 11.8. The first-order valence-corrected chi connectivity index (χ1v) is 7.23. The Hall–Kier alpha value is -0.870. The fourth-order valence-electron chi connectivity index (χ4n) is 2.20. The second-order valence-electron chi connectivity index (χ2n) is 4.83. The lowest BCUT2D eigenvalue weighted by atomic mass is 10.2. The van der Waals surface area contributed by atoms with E-state index in [2.05, 4.69) is 26.1 Å². The molecule has 98 valence electrons. The molecule has 18 heavy (non-hydrogen) atoms. The summed E-state index contributed by atoms with van der Waals surface area (Å²) in [6, 6.07) is 5.95. The molecule has 1 aromatic carbocycles. The second kappa shape index (κ2) is 6.34. The van der Waals surface area contributed by atoms with Crippen molar-refractivity contribution in [3.63, 3.8) is 0 Å². The van der Waals surface area contributed by atoms with Crippen LogP contribution in [0.2, 0.25) is 0 Å². The summed E-state index contributed by atoms with van der Waals surface area (Å²) in [4.78, 5) is 14.2. The van der Waals surface area contributed by atoms with Crippen LogP contribution in [0.15, 0.2) is 22.7 Å². The maximum absolute atomic E-state index is 11.8. The molecule has 0 aromatic heterocycles. The van der Waals surface area contributed by atoms with E-state index in [0.29, 0.717) is 6.42 Å². The van der Waals surface area contributed by atoms with E-state index in [1.807, 2.05) is 25.1 Å². The normalized spacial score (nSPS) is 15.9. The topological polar surface area (TPSA) is 32.3 Å². The first-order chi connectivity index (χ1) is 8.65. The Balaban J connectivity index is 1.82. The summed E-state index contributed by atoms with van der Waals surface area (Å²) >= 11 is 3.47. The number of hydrogen-bond acceptors (Lipinski definition) is 2. The van der Waals surface area contributed by atoms with E-state index in [9.17, 15) is 4.79 Å². The number of aryl methyl sites for hydroxylation is 1. The maximum Gasteiger partial charge on any atom is 0.225 e. The fourth-order valence-corrected chi connectivity index (χ4v) is 2.79. The zero-order chi connectivity index (χ0) is 13.0. The molecule has 1 fully saturated rings. The fraction of sp³-hybridized carbons (Fsp3) is 0.500. The first kappa shape index (κ1) is 13.6. The minimum Gasteiger partial charge on any atom is -0.325 e. The van der Waals surface area contributed by atoms with Crippen molar-refractivity contribution in [3.05, 3.63) is 28.2 Å². The van der Waals surface area contributed by atoms with Gasteiger partial charge >= 0.3 is 0 Å². The van der Waals surface area contributed by atoms with Crippen molar-refractivity contribution in [3.8, 4) is 0 Å². The third-order valence-electron chi connectivity index (χ3n) is 3.25. The standard InChI is InChI=1S/C14H19BrN2O/c1-11-4-5-13(12(15)10-11)16-14(18)6-9-17-7-2-3-8-17/h4-5,10H,2-3,6-9H2,1H3,(H,16,18). The van der Waals surface area contributed by atoms with Gasteiger partial charge in [0.05, 0.1) is 5.69 Å². The summed E-state index contributed by atoms with van der Waals surface area (Å²) in [7, 11) is 0. The van der Waals surface area contributed by atoms with Crippen LogP contribution in [-0.2, 0) is 4.79 Å². The highest BCUT2D eigenvalue weighted by Gasteiger charge is 2.13. The molecule has 1 N–H and O–H groups in total. The molecule has 1 aliphatic rings. The van der Waals surface area contributed by atoms with Crippen molar-refractivity contribution in [1.82, 2.24) is 4.90 Å². The predicted octanol–water partition coefficient (Wildman–Crippen LogP) is 3.18. The quantitative estimate of drug-likeness (QED) is 0.926. The molecule has 0 radical (unpaired) electrons. The predicted molar refractivity (Wildman–Crippen MR) is 77.8 cm³/mol. The van der Waals surface area contributed by atoms with Gasteiger partial charge in [-0.15, -0.1) is 0 Å². The molecular formula is C14H19BrN2O. The smallest absolute Gasteiger partial charge is 0.225 e. The minimum atomic E-state index is 0.0893. The number of nitrogens with zero attached hydrogens (tertiary/aromatic N) is 1. The molecule has 1 aromatic rings. The number of hydrogen-bond donors (Lipinski definition) is 1. The van der Waals surface area contributed by atoms with Gasteiger partial charge in [-0.3, -0.25) is 4.79 Å². The van der Waals surface area contributed by atoms with E-state index in [1.165, 1.54) is 18.4 Å². The number of carbonyl (C=O) groups is 1. The molecule has 1 amide bonds. The second-order valence-corrected chi connectivity index (χ2v) is 5.68. The Bertz CT molecular complexity index is 428. The van der Waals surface area contributed by atoms with Crippen molar-refractivity contribution >= 4 is 27.5 Å². The Morgan fingerprint density at radius 1 is 1.39 bits per heavy atom. The van der Waals surface area contributed by atoms with Gasteiger partial charge < -0.3 is 10.2 Å². The molecule has 2 rings (SSSR count). The zero-order valence-corrected chi connectivity index (χ0v) is 12.3. The molecule has 0 unspecified atom stereocenters. The number of anilines is 1. The molecule has 0 spiro atoms. The summed E-state index contributed by atoms with van der Waals surface area (Å²) < 4.78 is 0.942. The van der Waals surface area contributed by atoms with Crippen LogP contribution in [0, 0.1) is 6.92 Å². The van der Waals surface area contributed by atoms with Crippen molar-refractivity contribution in [2.45, 2.75) is 26.2 Å². The van der Waals surface area contributed by atoms with Crippen LogP contribution < -0.4 is 5.32 Å². The number of halogens is 1. The molecule has 4 heteroatoms. The van der Waals surface area contributed by atoms with Crippen molar-refractivity contribution < 1.29 is 4.79 Å². The van der Waals surface area contributed by atoms with Gasteiger partial charge in [-0.25, -0.2) is 0 Å². The van der Waals surface area contributed by atoms with E-state index in [-0.39, 0.29) is 5.91 Å². The molecule has 0 atom stereocenters. The van der Waals surface area contributed by atoms with E-state index < -0.39 is 0 Å². The van der Waals surface area contributed by atoms with Gasteiger partial charge in [-0.1, -0.05) is 6.07 Å². The number of benzene rings is 1. The van der Waals surface area contributed by atoms with Gasteiger partial charge in [-0.2, -0.15) is 0 Å². The average molecular weight is 311 g/mol. The van der Waals surface area contributed by atoms with E-state index >= 15 is 0 Å². The monoisotopic (exact) mass is 310 g/mol. The molecule has 1 aliphatic heterocycles. The zero-order valence-electron chi connectivity index (χ0n) is 10.7.